The smallest absolute Gasteiger partial charge is 0.407 e. The number of halogens is 3. The van der Waals surface area contributed by atoms with E-state index in [1.165, 1.54) is 12.1 Å². The first-order chi connectivity index (χ1) is 42.9. The number of benzene rings is 2. The van der Waals surface area contributed by atoms with Crippen LogP contribution >= 0.6 is 15.9 Å². The first-order valence-electron chi connectivity index (χ1n) is 31.1. The number of hydrogen-bond donors (Lipinski definition) is 3. The summed E-state index contributed by atoms with van der Waals surface area (Å²) in [6, 6.07) is 34.2. The molecule has 6 aromatic heterocycles. The minimum absolute atomic E-state index is 0.0870. The molecule has 10 heterocycles. The number of nitrogens with one attached hydrogen (secondary N) is 3. The van der Waals surface area contributed by atoms with Crippen LogP contribution in [0.15, 0.2) is 122 Å². The molecule has 23 heteroatoms. The molecule has 0 radical (unpaired) electrons. The largest absolute Gasteiger partial charge is 0.444 e. The van der Waals surface area contributed by atoms with Gasteiger partial charge in [0.25, 0.3) is 0 Å². The molecule has 12 rings (SSSR count). The summed E-state index contributed by atoms with van der Waals surface area (Å²) in [4.78, 5) is 53.5. The van der Waals surface area contributed by atoms with Gasteiger partial charge in [-0.3, -0.25) is 4.90 Å². The van der Waals surface area contributed by atoms with Crippen molar-refractivity contribution >= 4 is 62.7 Å². The molecule has 0 saturated carbocycles. The monoisotopic (exact) mass is 1280 g/mol. The van der Waals surface area contributed by atoms with Gasteiger partial charge in [-0.25, -0.2) is 47.3 Å². The minimum Gasteiger partial charge on any atom is -0.444 e. The Balaban J connectivity index is 0.000000170. The van der Waals surface area contributed by atoms with Crippen LogP contribution in [0.4, 0.5) is 41.6 Å². The number of carbonyl (C=O) groups excluding carboxylic acids is 2. The third kappa shape index (κ3) is 17.2. The van der Waals surface area contributed by atoms with Gasteiger partial charge in [-0.1, -0.05) is 52.3 Å². The molecule has 8 aromatic rings. The number of hydrogen-bond acceptors (Lipinski definition) is 16. The number of nitrogens with zero attached hydrogens (tertiary/aromatic N) is 13. The molecular formula is C66H83BrF2N16O4. The van der Waals surface area contributed by atoms with E-state index in [2.05, 4.69) is 78.5 Å². The van der Waals surface area contributed by atoms with Gasteiger partial charge in [-0.15, -0.1) is 10.2 Å². The van der Waals surface area contributed by atoms with Gasteiger partial charge in [-0.2, -0.15) is 0 Å². The van der Waals surface area contributed by atoms with Crippen LogP contribution < -0.4 is 35.6 Å². The van der Waals surface area contributed by atoms with Gasteiger partial charge < -0.3 is 45.0 Å². The maximum Gasteiger partial charge on any atom is 0.407 e. The number of anilines is 4. The Kier molecular flexibility index (Phi) is 21.2. The van der Waals surface area contributed by atoms with Crippen molar-refractivity contribution in [3.05, 3.63) is 144 Å². The predicted molar refractivity (Wildman–Crippen MR) is 349 cm³/mol. The molecule has 89 heavy (non-hydrogen) atoms. The highest BCUT2D eigenvalue weighted by atomic mass is 79.9. The fraction of sp³-hybridized carbons (Fsp3) is 0.455. The number of amides is 2. The Morgan fingerprint density at radius 3 is 1.49 bits per heavy atom. The Hall–Kier alpha value is -8.02. The van der Waals surface area contributed by atoms with Crippen LogP contribution in [0.25, 0.3) is 34.1 Å². The van der Waals surface area contributed by atoms with Crippen molar-refractivity contribution in [1.82, 2.24) is 60.0 Å². The molecule has 0 aliphatic carbocycles. The van der Waals surface area contributed by atoms with E-state index in [0.29, 0.717) is 13.1 Å². The number of fused-ring (bicyclic) bond motifs is 2. The zero-order valence-electron chi connectivity index (χ0n) is 51.9. The second kappa shape index (κ2) is 29.5. The molecule has 2 amide bonds. The molecule has 0 bridgehead atoms. The lowest BCUT2D eigenvalue weighted by Gasteiger charge is -2.35. The zero-order chi connectivity index (χ0) is 62.5. The lowest BCUT2D eigenvalue weighted by Crippen LogP contribution is -2.47. The minimum atomic E-state index is -0.487. The van der Waals surface area contributed by atoms with Crippen molar-refractivity contribution in [1.29, 1.82) is 0 Å². The fourth-order valence-corrected chi connectivity index (χ4v) is 11.8. The van der Waals surface area contributed by atoms with Crippen molar-refractivity contribution in [3.8, 4) is 22.8 Å². The van der Waals surface area contributed by atoms with Crippen LogP contribution in [0.3, 0.4) is 0 Å². The van der Waals surface area contributed by atoms with Gasteiger partial charge in [-0.05, 0) is 171 Å². The Morgan fingerprint density at radius 2 is 1.03 bits per heavy atom. The predicted octanol–water partition coefficient (Wildman–Crippen LogP) is 11.3. The average molecular weight is 1280 g/mol. The molecule has 4 aliphatic rings. The summed E-state index contributed by atoms with van der Waals surface area (Å²) in [5.74, 6) is 3.21. The van der Waals surface area contributed by atoms with Crippen molar-refractivity contribution in [2.75, 3.05) is 110 Å². The third-order valence-electron chi connectivity index (χ3n) is 15.7. The number of alkyl carbamates (subject to hydrolysis) is 2. The summed E-state index contributed by atoms with van der Waals surface area (Å²) in [6.07, 6.45) is 8.76. The number of alkyl halides is 1. The number of carbonyl (C=O) groups is 2. The molecule has 0 spiro atoms. The van der Waals surface area contributed by atoms with E-state index in [-0.39, 0.29) is 35.9 Å². The number of imidazole rings is 2. The highest BCUT2D eigenvalue weighted by Gasteiger charge is 2.30. The molecule has 472 valence electrons. The highest BCUT2D eigenvalue weighted by Crippen LogP contribution is 2.38. The molecule has 0 unspecified atom stereocenters. The maximum atomic E-state index is 14.0. The highest BCUT2D eigenvalue weighted by molar-refractivity contribution is 9.09. The van der Waals surface area contributed by atoms with E-state index in [0.717, 1.165) is 184 Å². The van der Waals surface area contributed by atoms with E-state index >= 15 is 0 Å². The van der Waals surface area contributed by atoms with E-state index in [4.69, 9.17) is 29.6 Å². The van der Waals surface area contributed by atoms with Gasteiger partial charge >= 0.3 is 12.2 Å². The lowest BCUT2D eigenvalue weighted by molar-refractivity contribution is 0.0515. The van der Waals surface area contributed by atoms with Crippen LogP contribution in [0, 0.1) is 11.6 Å². The number of aromatic nitrogens is 8. The van der Waals surface area contributed by atoms with Crippen LogP contribution in [-0.4, -0.2) is 158 Å². The van der Waals surface area contributed by atoms with Crippen LogP contribution in [0.2, 0.25) is 0 Å². The molecule has 2 aromatic carbocycles. The van der Waals surface area contributed by atoms with E-state index in [1.54, 1.807) is 24.3 Å². The van der Waals surface area contributed by atoms with Gasteiger partial charge in [0, 0.05) is 83.9 Å². The Bertz CT molecular complexity index is 3640. The van der Waals surface area contributed by atoms with Crippen molar-refractivity contribution in [3.63, 3.8) is 0 Å². The van der Waals surface area contributed by atoms with Crippen molar-refractivity contribution in [2.45, 2.75) is 103 Å². The van der Waals surface area contributed by atoms with Gasteiger partial charge in [0.1, 0.15) is 57.5 Å². The van der Waals surface area contributed by atoms with Crippen molar-refractivity contribution < 1.29 is 27.8 Å². The number of piperazine rings is 2. The van der Waals surface area contributed by atoms with Gasteiger partial charge in [0.15, 0.2) is 11.3 Å². The lowest BCUT2D eigenvalue weighted by atomic mass is 10.0. The normalized spacial score (nSPS) is 17.3. The zero-order valence-corrected chi connectivity index (χ0v) is 53.5. The molecular weight excluding hydrogens is 1200 g/mol. The number of ether oxygens (including phenoxy) is 2. The number of rotatable bonds is 15. The molecule has 4 aliphatic heterocycles. The molecule has 20 nitrogen and oxygen atoms in total. The second-order valence-corrected chi connectivity index (χ2v) is 25.4. The fourth-order valence-electron chi connectivity index (χ4n) is 11.5. The van der Waals surface area contributed by atoms with E-state index in [9.17, 15) is 18.4 Å². The second-order valence-electron chi connectivity index (χ2n) is 24.6. The van der Waals surface area contributed by atoms with Crippen LogP contribution in [0.1, 0.15) is 103 Å². The van der Waals surface area contributed by atoms with Crippen molar-refractivity contribution in [2.24, 2.45) is 0 Å². The third-order valence-corrected chi connectivity index (χ3v) is 16.2. The quantitative estimate of drug-likeness (QED) is 0.0648. The Morgan fingerprint density at radius 1 is 0.573 bits per heavy atom. The van der Waals surface area contributed by atoms with Gasteiger partial charge in [0.2, 0.25) is 0 Å². The summed E-state index contributed by atoms with van der Waals surface area (Å²) in [6.45, 7) is 22.5. The Labute approximate surface area is 528 Å². The van der Waals surface area contributed by atoms with E-state index in [1.807, 2.05) is 124 Å². The average Bonchev–Trinajstić information content (AvgIpc) is 2.45. The number of pyridine rings is 2. The van der Waals surface area contributed by atoms with Crippen LogP contribution in [-0.2, 0) is 9.47 Å². The summed E-state index contributed by atoms with van der Waals surface area (Å²) in [7, 11) is 0. The molecule has 2 atom stereocenters. The molecule has 3 N–H and O–H groups in total. The summed E-state index contributed by atoms with van der Waals surface area (Å²) >= 11 is 3.27. The van der Waals surface area contributed by atoms with Gasteiger partial charge in [0.05, 0.1) is 35.9 Å². The maximum absolute atomic E-state index is 14.0. The SMILES string of the molecule is CC(C)(C)OC(=O)NCCCBr.CC(C)(C)OC(=O)NCCCN1CCN(c2cccc(-c3cnc4ccc(N5CCC[C@@H]5c5cccc(F)c5)nn34)n2)CC1.Fc1cccc([C@H]2CCCN2c2ccc3ncc(-c4cccc(N5CCNCC5)n4)n3n2)c1. The molecule has 4 fully saturated rings. The first kappa shape index (κ1) is 64.0. The molecule has 4 saturated heterocycles. The summed E-state index contributed by atoms with van der Waals surface area (Å²) in [5.41, 5.74) is 5.98. The standard InChI is InChI=1S/C33H41FN8O2.C25H26FN7.C8H16BrNO2/c1-33(2,3)44-32(43)35-15-7-16-39-18-20-40(21-19-39)30-12-5-10-26(37-30)28-23-36-29-13-14-31(38-42(28)29)41-17-6-11-27(41)24-8-4-9-25(34)22-24;26-19-5-1-4-18(16-19)21-7-3-13-32(21)25-10-9-23-28-17-22(33(23)30-25)20-6-2-8-24(29-20)31-14-11-27-12-15-31;1-8(2,3)12-7(11)10-6-4-5-9/h4-5,8-10,12-14,22-23,27H,6-7,11,15-21H2,1-3H3,(H,35,43);1-2,4-6,8-10,16-17,21,27H,3,7,11-15H2;4-6H2,1-3H3,(H,10,11)/t27-;21-;/m11./s1. The van der Waals surface area contributed by atoms with Crippen LogP contribution in [0.5, 0.6) is 0 Å². The first-order valence-corrected chi connectivity index (χ1v) is 32.2. The van der Waals surface area contributed by atoms with E-state index < -0.39 is 11.2 Å². The summed E-state index contributed by atoms with van der Waals surface area (Å²) < 4.78 is 41.9. The topological polar surface area (TPSA) is 191 Å². The summed E-state index contributed by atoms with van der Waals surface area (Å²) in [5, 5.41) is 19.7.